The number of amides is 1. The van der Waals surface area contributed by atoms with Crippen molar-refractivity contribution in [3.05, 3.63) is 37.1 Å². The van der Waals surface area contributed by atoms with E-state index in [-0.39, 0.29) is 5.91 Å². The molecule has 0 aromatic carbocycles. The molecule has 2 N–H and O–H groups in total. The Morgan fingerprint density at radius 3 is 3.04 bits per heavy atom. The van der Waals surface area contributed by atoms with E-state index in [9.17, 15) is 4.79 Å². The zero-order chi connectivity index (χ0) is 16.4. The summed E-state index contributed by atoms with van der Waals surface area (Å²) in [5.41, 5.74) is 3.50. The Morgan fingerprint density at radius 2 is 2.26 bits per heavy atom. The number of carbonyl (C=O) groups is 1. The molecule has 0 saturated heterocycles. The fourth-order valence-electron chi connectivity index (χ4n) is 2.68. The van der Waals surface area contributed by atoms with Crippen molar-refractivity contribution in [3.8, 4) is 0 Å². The third kappa shape index (κ3) is 3.26. The number of imidazole rings is 1. The summed E-state index contributed by atoms with van der Waals surface area (Å²) in [5, 5.41) is 3.92. The lowest BCUT2D eigenvalue weighted by Crippen LogP contribution is -2.24. The number of allylic oxidation sites excluding steroid dienone is 1. The zero-order valence-electron chi connectivity index (χ0n) is 13.5. The molecule has 23 heavy (non-hydrogen) atoms. The number of H-pyrrole nitrogens is 1. The Morgan fingerprint density at radius 1 is 1.43 bits per heavy atom. The van der Waals surface area contributed by atoms with E-state index >= 15 is 0 Å². The first-order chi connectivity index (χ1) is 11.0. The van der Waals surface area contributed by atoms with Crippen LogP contribution in [0.4, 0.5) is 0 Å². The maximum absolute atomic E-state index is 11.8. The van der Waals surface area contributed by atoms with Crippen LogP contribution < -0.4 is 5.32 Å². The number of hydrogen-bond acceptors (Lipinski definition) is 3. The molecule has 0 fully saturated rings. The van der Waals surface area contributed by atoms with E-state index in [1.165, 1.54) is 0 Å². The standard InChI is InChI=1S/C17H21N5O/c1-11(2)8-15(23)21-12(3)5-7-22-10-20-14-9-19-17-13(16(14)22)4-6-18-17/h4,6,9-11H,3,5,7-8H2,1-2H3,(H,18,19)(H,21,23). The third-order valence-electron chi connectivity index (χ3n) is 3.73. The van der Waals surface area contributed by atoms with E-state index in [0.717, 1.165) is 27.8 Å². The first-order valence-electron chi connectivity index (χ1n) is 7.79. The molecule has 0 bridgehead atoms. The normalized spacial score (nSPS) is 11.4. The van der Waals surface area contributed by atoms with E-state index in [4.69, 9.17) is 0 Å². The highest BCUT2D eigenvalue weighted by atomic mass is 16.1. The molecule has 0 aliphatic rings. The van der Waals surface area contributed by atoms with Gasteiger partial charge < -0.3 is 14.9 Å². The van der Waals surface area contributed by atoms with Gasteiger partial charge in [-0.05, 0) is 12.0 Å². The SMILES string of the molecule is C=C(CCn1cnc2cnc3[nH]ccc3c21)NC(=O)CC(C)C. The van der Waals surface area contributed by atoms with Crippen LogP contribution in [0.1, 0.15) is 26.7 Å². The highest BCUT2D eigenvalue weighted by molar-refractivity contribution is 6.00. The van der Waals surface area contributed by atoms with Gasteiger partial charge in [-0.15, -0.1) is 0 Å². The molecule has 0 aliphatic carbocycles. The van der Waals surface area contributed by atoms with Crippen LogP contribution in [-0.2, 0) is 11.3 Å². The van der Waals surface area contributed by atoms with Gasteiger partial charge in [-0.25, -0.2) is 9.97 Å². The monoisotopic (exact) mass is 311 g/mol. The number of nitrogens with one attached hydrogen (secondary N) is 2. The van der Waals surface area contributed by atoms with Crippen LogP contribution in [0.25, 0.3) is 22.1 Å². The van der Waals surface area contributed by atoms with E-state index in [2.05, 4.69) is 31.4 Å². The summed E-state index contributed by atoms with van der Waals surface area (Å²) >= 11 is 0. The molecule has 3 aromatic rings. The fraction of sp³-hybridized carbons (Fsp3) is 0.353. The second-order valence-electron chi connectivity index (χ2n) is 6.17. The quantitative estimate of drug-likeness (QED) is 0.735. The Labute approximate surface area is 134 Å². The van der Waals surface area contributed by atoms with Crippen LogP contribution in [0, 0.1) is 5.92 Å². The van der Waals surface area contributed by atoms with Gasteiger partial charge in [0.1, 0.15) is 11.2 Å². The van der Waals surface area contributed by atoms with Crippen LogP contribution in [0.5, 0.6) is 0 Å². The zero-order valence-corrected chi connectivity index (χ0v) is 13.5. The van der Waals surface area contributed by atoms with Gasteiger partial charge >= 0.3 is 0 Å². The minimum Gasteiger partial charge on any atom is -0.346 e. The topological polar surface area (TPSA) is 75.6 Å². The molecule has 120 valence electrons. The molecule has 0 atom stereocenters. The number of carbonyl (C=O) groups excluding carboxylic acids is 1. The molecule has 0 saturated carbocycles. The molecule has 3 aromatic heterocycles. The van der Waals surface area contributed by atoms with Gasteiger partial charge in [0.25, 0.3) is 0 Å². The van der Waals surface area contributed by atoms with E-state index in [1.54, 1.807) is 6.20 Å². The third-order valence-corrected chi connectivity index (χ3v) is 3.73. The van der Waals surface area contributed by atoms with Crippen LogP contribution in [0.15, 0.2) is 37.1 Å². The van der Waals surface area contributed by atoms with Gasteiger partial charge in [-0.2, -0.15) is 0 Å². The molecule has 3 rings (SSSR count). The second-order valence-corrected chi connectivity index (χ2v) is 6.17. The van der Waals surface area contributed by atoms with Gasteiger partial charge in [0, 0.05) is 36.7 Å². The van der Waals surface area contributed by atoms with Gasteiger partial charge in [0.15, 0.2) is 0 Å². The molecular weight excluding hydrogens is 290 g/mol. The van der Waals surface area contributed by atoms with Gasteiger partial charge in [0.2, 0.25) is 5.91 Å². The number of pyridine rings is 1. The number of aryl methyl sites for hydroxylation is 1. The highest BCUT2D eigenvalue weighted by Crippen LogP contribution is 2.22. The maximum Gasteiger partial charge on any atom is 0.224 e. The van der Waals surface area contributed by atoms with E-state index in [1.807, 2.05) is 32.4 Å². The van der Waals surface area contributed by atoms with Gasteiger partial charge in [0.05, 0.1) is 18.0 Å². The molecule has 0 unspecified atom stereocenters. The van der Waals surface area contributed by atoms with Crippen molar-refractivity contribution in [2.24, 2.45) is 5.92 Å². The summed E-state index contributed by atoms with van der Waals surface area (Å²) in [6, 6.07) is 2.00. The predicted octanol–water partition coefficient (Wildman–Crippen LogP) is 2.98. The number of hydrogen-bond donors (Lipinski definition) is 2. The minimum atomic E-state index is 0.0257. The first kappa shape index (κ1) is 15.3. The molecule has 0 spiro atoms. The summed E-state index contributed by atoms with van der Waals surface area (Å²) in [7, 11) is 0. The van der Waals surface area contributed by atoms with Crippen molar-refractivity contribution >= 4 is 28.0 Å². The van der Waals surface area contributed by atoms with Crippen LogP contribution >= 0.6 is 0 Å². The first-order valence-corrected chi connectivity index (χ1v) is 7.79. The average Bonchev–Trinajstić information content (AvgIpc) is 3.09. The summed E-state index contributed by atoms with van der Waals surface area (Å²) in [6.45, 7) is 8.71. The Balaban J connectivity index is 1.71. The van der Waals surface area contributed by atoms with Crippen LogP contribution in [0.3, 0.4) is 0 Å². The molecule has 3 heterocycles. The number of nitrogens with zero attached hydrogens (tertiary/aromatic N) is 3. The maximum atomic E-state index is 11.8. The van der Waals surface area contributed by atoms with Crippen molar-refractivity contribution in [1.29, 1.82) is 0 Å². The molecule has 0 aliphatic heterocycles. The van der Waals surface area contributed by atoms with Crippen molar-refractivity contribution < 1.29 is 4.79 Å². The van der Waals surface area contributed by atoms with Crippen molar-refractivity contribution in [1.82, 2.24) is 24.8 Å². The lowest BCUT2D eigenvalue weighted by Gasteiger charge is -2.11. The Bertz CT molecular complexity index is 858. The summed E-state index contributed by atoms with van der Waals surface area (Å²) < 4.78 is 2.08. The number of rotatable bonds is 6. The summed E-state index contributed by atoms with van der Waals surface area (Å²) in [6.07, 6.45) is 6.64. The van der Waals surface area contributed by atoms with Crippen LogP contribution in [0.2, 0.25) is 0 Å². The molecule has 0 radical (unpaired) electrons. The molecular formula is C17H21N5O. The predicted molar refractivity (Wildman–Crippen MR) is 90.7 cm³/mol. The average molecular weight is 311 g/mol. The lowest BCUT2D eigenvalue weighted by molar-refractivity contribution is -0.121. The van der Waals surface area contributed by atoms with E-state index < -0.39 is 0 Å². The number of fused-ring (bicyclic) bond motifs is 3. The van der Waals surface area contributed by atoms with Crippen molar-refractivity contribution in [2.45, 2.75) is 33.2 Å². The summed E-state index contributed by atoms with van der Waals surface area (Å²) in [5.74, 6) is 0.368. The Hall–Kier alpha value is -2.63. The number of aromatic nitrogens is 4. The van der Waals surface area contributed by atoms with Crippen LogP contribution in [-0.4, -0.2) is 25.4 Å². The number of aromatic amines is 1. The molecule has 6 nitrogen and oxygen atoms in total. The molecule has 1 amide bonds. The Kier molecular flexibility index (Phi) is 4.14. The minimum absolute atomic E-state index is 0.0257. The van der Waals surface area contributed by atoms with Crippen molar-refractivity contribution in [3.63, 3.8) is 0 Å². The highest BCUT2D eigenvalue weighted by Gasteiger charge is 2.10. The molecule has 6 heteroatoms. The van der Waals surface area contributed by atoms with E-state index in [0.29, 0.717) is 25.3 Å². The summed E-state index contributed by atoms with van der Waals surface area (Å²) in [4.78, 5) is 23.6. The lowest BCUT2D eigenvalue weighted by atomic mass is 10.1. The second kappa shape index (κ2) is 6.24. The van der Waals surface area contributed by atoms with Gasteiger partial charge in [-0.1, -0.05) is 20.4 Å². The fourth-order valence-corrected chi connectivity index (χ4v) is 2.68. The largest absolute Gasteiger partial charge is 0.346 e. The smallest absolute Gasteiger partial charge is 0.224 e. The van der Waals surface area contributed by atoms with Crippen molar-refractivity contribution in [2.75, 3.05) is 0 Å². The van der Waals surface area contributed by atoms with Gasteiger partial charge in [-0.3, -0.25) is 4.79 Å².